The molecule has 1 aliphatic rings. The predicted octanol–water partition coefficient (Wildman–Crippen LogP) is 2.36. The number of aromatic nitrogens is 3. The minimum Gasteiger partial charge on any atom is -0.321 e. The van der Waals surface area contributed by atoms with Gasteiger partial charge in [-0.25, -0.2) is 4.68 Å². The Morgan fingerprint density at radius 1 is 1.31 bits per heavy atom. The summed E-state index contributed by atoms with van der Waals surface area (Å²) < 4.78 is 1.82. The normalized spacial score (nSPS) is 14.4. The number of piperidine rings is 1. The highest BCUT2D eigenvalue weighted by atomic mass is 35.5. The van der Waals surface area contributed by atoms with Crippen LogP contribution in [-0.4, -0.2) is 53.0 Å². The summed E-state index contributed by atoms with van der Waals surface area (Å²) in [4.78, 5) is 14.5. The SMILES string of the molecule is CN(C)Cc1cccc(NC(=O)c2cn(C3CCNCC3)nn2)c1.Cl.Cl. The van der Waals surface area contributed by atoms with Crippen LogP contribution in [-0.2, 0) is 6.54 Å². The number of nitrogens with zero attached hydrogens (tertiary/aromatic N) is 4. The summed E-state index contributed by atoms with van der Waals surface area (Å²) in [6.07, 6.45) is 3.77. The van der Waals surface area contributed by atoms with Crippen LogP contribution in [0.4, 0.5) is 5.69 Å². The lowest BCUT2D eigenvalue weighted by atomic mass is 10.1. The Labute approximate surface area is 166 Å². The van der Waals surface area contributed by atoms with Gasteiger partial charge < -0.3 is 15.5 Å². The van der Waals surface area contributed by atoms with Gasteiger partial charge in [0.2, 0.25) is 0 Å². The van der Waals surface area contributed by atoms with Crippen LogP contribution < -0.4 is 10.6 Å². The van der Waals surface area contributed by atoms with E-state index in [9.17, 15) is 4.79 Å². The summed E-state index contributed by atoms with van der Waals surface area (Å²) >= 11 is 0. The van der Waals surface area contributed by atoms with E-state index >= 15 is 0 Å². The third kappa shape index (κ3) is 5.95. The van der Waals surface area contributed by atoms with E-state index in [4.69, 9.17) is 0 Å². The van der Waals surface area contributed by atoms with Crippen molar-refractivity contribution in [2.45, 2.75) is 25.4 Å². The van der Waals surface area contributed by atoms with Gasteiger partial charge >= 0.3 is 0 Å². The molecule has 1 fully saturated rings. The minimum atomic E-state index is -0.225. The Morgan fingerprint density at radius 3 is 2.73 bits per heavy atom. The standard InChI is InChI=1S/C17H24N6O.2ClH/c1-22(2)11-13-4-3-5-14(10-13)19-17(24)16-12-23(21-20-16)15-6-8-18-9-7-15;;/h3-5,10,12,15,18H,6-9,11H2,1-2H3,(H,19,24);2*1H. The molecule has 0 unspecified atom stereocenters. The largest absolute Gasteiger partial charge is 0.321 e. The number of amides is 1. The average Bonchev–Trinajstić information content (AvgIpc) is 3.05. The summed E-state index contributed by atoms with van der Waals surface area (Å²) in [5.41, 5.74) is 2.28. The van der Waals surface area contributed by atoms with Crippen LogP contribution in [0.2, 0.25) is 0 Å². The van der Waals surface area contributed by atoms with E-state index in [1.54, 1.807) is 6.20 Å². The minimum absolute atomic E-state index is 0. The molecule has 0 radical (unpaired) electrons. The van der Waals surface area contributed by atoms with Crippen molar-refractivity contribution in [1.82, 2.24) is 25.2 Å². The molecule has 7 nitrogen and oxygen atoms in total. The molecule has 3 rings (SSSR count). The first kappa shape index (κ1) is 22.4. The lowest BCUT2D eigenvalue weighted by Gasteiger charge is -2.22. The molecule has 1 amide bonds. The third-order valence-corrected chi connectivity index (χ3v) is 4.11. The number of carbonyl (C=O) groups is 1. The van der Waals surface area contributed by atoms with Gasteiger partial charge in [0.15, 0.2) is 5.69 Å². The maximum atomic E-state index is 12.4. The van der Waals surface area contributed by atoms with E-state index in [1.165, 1.54) is 0 Å². The summed E-state index contributed by atoms with van der Waals surface area (Å²) in [6, 6.07) is 8.18. The Bertz CT molecular complexity index is 700. The topological polar surface area (TPSA) is 75.1 Å². The molecule has 1 aromatic heterocycles. The molecular formula is C17H26Cl2N6O. The Hall–Kier alpha value is -1.67. The van der Waals surface area contributed by atoms with E-state index in [1.807, 2.05) is 43.0 Å². The van der Waals surface area contributed by atoms with Gasteiger partial charge in [-0.05, 0) is 57.7 Å². The van der Waals surface area contributed by atoms with Crippen molar-refractivity contribution in [2.75, 3.05) is 32.5 Å². The summed E-state index contributed by atoms with van der Waals surface area (Å²) in [5, 5.41) is 14.4. The molecule has 144 valence electrons. The number of anilines is 1. The van der Waals surface area contributed by atoms with Crippen molar-refractivity contribution in [3.8, 4) is 0 Å². The number of benzene rings is 1. The van der Waals surface area contributed by atoms with Gasteiger partial charge in [0, 0.05) is 12.2 Å². The fourth-order valence-corrected chi connectivity index (χ4v) is 2.94. The number of hydrogen-bond donors (Lipinski definition) is 2. The van der Waals surface area contributed by atoms with E-state index in [0.29, 0.717) is 11.7 Å². The van der Waals surface area contributed by atoms with Crippen LogP contribution in [0.15, 0.2) is 30.5 Å². The average molecular weight is 401 g/mol. The number of halogens is 2. The van der Waals surface area contributed by atoms with Gasteiger partial charge in [-0.2, -0.15) is 0 Å². The molecule has 9 heteroatoms. The highest BCUT2D eigenvalue weighted by molar-refractivity contribution is 6.02. The summed E-state index contributed by atoms with van der Waals surface area (Å²) in [6.45, 7) is 2.78. The molecule has 0 atom stereocenters. The van der Waals surface area contributed by atoms with E-state index in [-0.39, 0.29) is 30.7 Å². The van der Waals surface area contributed by atoms with Crippen LogP contribution in [0.5, 0.6) is 0 Å². The Balaban J connectivity index is 0.00000169. The van der Waals surface area contributed by atoms with E-state index in [0.717, 1.165) is 43.7 Å². The lowest BCUT2D eigenvalue weighted by molar-refractivity contribution is 0.102. The van der Waals surface area contributed by atoms with Crippen LogP contribution in [0.25, 0.3) is 0 Å². The van der Waals surface area contributed by atoms with Crippen LogP contribution in [0.1, 0.15) is 34.9 Å². The zero-order valence-corrected chi connectivity index (χ0v) is 16.6. The molecule has 26 heavy (non-hydrogen) atoms. The van der Waals surface area contributed by atoms with Gasteiger partial charge in [-0.3, -0.25) is 4.79 Å². The van der Waals surface area contributed by atoms with Gasteiger partial charge in [0.1, 0.15) is 0 Å². The highest BCUT2D eigenvalue weighted by Gasteiger charge is 2.18. The smallest absolute Gasteiger partial charge is 0.277 e. The second kappa shape index (κ2) is 10.5. The monoisotopic (exact) mass is 400 g/mol. The fraction of sp³-hybridized carbons (Fsp3) is 0.471. The zero-order valence-electron chi connectivity index (χ0n) is 15.0. The van der Waals surface area contributed by atoms with Crippen LogP contribution in [0, 0.1) is 0 Å². The lowest BCUT2D eigenvalue weighted by Crippen LogP contribution is -2.29. The predicted molar refractivity (Wildman–Crippen MR) is 107 cm³/mol. The van der Waals surface area contributed by atoms with Gasteiger partial charge in [0.25, 0.3) is 5.91 Å². The second-order valence-corrected chi connectivity index (χ2v) is 6.46. The van der Waals surface area contributed by atoms with Gasteiger partial charge in [-0.1, -0.05) is 17.3 Å². The quantitative estimate of drug-likeness (QED) is 0.805. The molecule has 0 aliphatic carbocycles. The van der Waals surface area contributed by atoms with Crippen molar-refractivity contribution in [3.63, 3.8) is 0 Å². The summed E-state index contributed by atoms with van der Waals surface area (Å²) in [5.74, 6) is -0.225. The Morgan fingerprint density at radius 2 is 2.04 bits per heavy atom. The van der Waals surface area contributed by atoms with Crippen molar-refractivity contribution in [2.24, 2.45) is 0 Å². The van der Waals surface area contributed by atoms with Crippen molar-refractivity contribution >= 4 is 36.4 Å². The highest BCUT2D eigenvalue weighted by Crippen LogP contribution is 2.18. The Kier molecular flexibility index (Phi) is 9.01. The molecule has 1 saturated heterocycles. The maximum Gasteiger partial charge on any atom is 0.277 e. The molecule has 0 saturated carbocycles. The first-order valence-electron chi connectivity index (χ1n) is 8.29. The molecule has 0 bridgehead atoms. The molecule has 2 aromatic rings. The van der Waals surface area contributed by atoms with Crippen molar-refractivity contribution < 1.29 is 4.79 Å². The number of hydrogen-bond acceptors (Lipinski definition) is 5. The van der Waals surface area contributed by atoms with E-state index < -0.39 is 0 Å². The number of rotatable bonds is 5. The van der Waals surface area contributed by atoms with Crippen LogP contribution in [0.3, 0.4) is 0 Å². The van der Waals surface area contributed by atoms with Gasteiger partial charge in [-0.15, -0.1) is 29.9 Å². The summed E-state index contributed by atoms with van der Waals surface area (Å²) in [7, 11) is 4.04. The molecule has 2 heterocycles. The van der Waals surface area contributed by atoms with E-state index in [2.05, 4.69) is 25.8 Å². The molecule has 2 N–H and O–H groups in total. The number of carbonyl (C=O) groups excluding carboxylic acids is 1. The third-order valence-electron chi connectivity index (χ3n) is 4.11. The number of nitrogens with one attached hydrogen (secondary N) is 2. The molecule has 1 aliphatic heterocycles. The fourth-order valence-electron chi connectivity index (χ4n) is 2.94. The molecule has 1 aromatic carbocycles. The zero-order chi connectivity index (χ0) is 16.9. The first-order chi connectivity index (χ1) is 11.6. The van der Waals surface area contributed by atoms with Crippen LogP contribution >= 0.6 is 24.8 Å². The molecular weight excluding hydrogens is 375 g/mol. The van der Waals surface area contributed by atoms with Gasteiger partial charge in [0.05, 0.1) is 12.2 Å². The molecule has 0 spiro atoms. The van der Waals surface area contributed by atoms with Crippen molar-refractivity contribution in [3.05, 3.63) is 41.7 Å². The first-order valence-corrected chi connectivity index (χ1v) is 8.29. The second-order valence-electron chi connectivity index (χ2n) is 6.46. The maximum absolute atomic E-state index is 12.4. The van der Waals surface area contributed by atoms with Crippen molar-refractivity contribution in [1.29, 1.82) is 0 Å².